The first-order chi connectivity index (χ1) is 5.61. The highest BCUT2D eigenvalue weighted by atomic mass is 79.9. The average molecular weight is 236 g/mol. The number of alkyl halides is 1. The van der Waals surface area contributed by atoms with Gasteiger partial charge in [-0.15, -0.1) is 0 Å². The number of amides is 1. The highest BCUT2D eigenvalue weighted by Gasteiger charge is 2.11. The molecule has 0 bridgehead atoms. The van der Waals surface area contributed by atoms with Gasteiger partial charge in [-0.05, 0) is 12.3 Å². The monoisotopic (exact) mass is 235 g/mol. The van der Waals surface area contributed by atoms with Crippen LogP contribution in [0.4, 0.5) is 0 Å². The van der Waals surface area contributed by atoms with Crippen LogP contribution in [0.3, 0.4) is 0 Å². The number of halogens is 1. The van der Waals surface area contributed by atoms with Gasteiger partial charge in [0.1, 0.15) is 0 Å². The molecule has 0 aromatic rings. The van der Waals surface area contributed by atoms with Crippen LogP contribution in [0.15, 0.2) is 0 Å². The second-order valence-corrected chi connectivity index (χ2v) is 4.24. The molecule has 0 saturated heterocycles. The van der Waals surface area contributed by atoms with E-state index in [1.54, 1.807) is 0 Å². The summed E-state index contributed by atoms with van der Waals surface area (Å²) >= 11 is 3.30. The van der Waals surface area contributed by atoms with Gasteiger partial charge in [0.25, 0.3) is 0 Å². The maximum Gasteiger partial charge on any atom is 0.233 e. The molecule has 0 aliphatic carbocycles. The molecule has 1 N–H and O–H groups in total. The molecule has 2 atom stereocenters. The fourth-order valence-electron chi connectivity index (χ4n) is 0.715. The summed E-state index contributed by atoms with van der Waals surface area (Å²) in [6.45, 7) is 7.04. The minimum Gasteiger partial charge on any atom is -0.355 e. The van der Waals surface area contributed by atoms with Crippen LogP contribution in [0.1, 0.15) is 33.6 Å². The summed E-state index contributed by atoms with van der Waals surface area (Å²) < 4.78 is 0. The Kier molecular flexibility index (Phi) is 6.44. The Hall–Kier alpha value is -0.0500. The SMILES string of the molecule is CCC(C)CNC(=O)C(Br)CC. The van der Waals surface area contributed by atoms with E-state index >= 15 is 0 Å². The van der Waals surface area contributed by atoms with E-state index in [1.807, 2.05) is 6.92 Å². The van der Waals surface area contributed by atoms with Crippen molar-refractivity contribution in [2.75, 3.05) is 6.54 Å². The lowest BCUT2D eigenvalue weighted by Crippen LogP contribution is -2.33. The molecule has 0 aromatic heterocycles. The first kappa shape index (κ1) is 11.9. The Morgan fingerprint density at radius 1 is 1.42 bits per heavy atom. The van der Waals surface area contributed by atoms with E-state index in [0.29, 0.717) is 5.92 Å². The van der Waals surface area contributed by atoms with Crippen molar-refractivity contribution in [3.63, 3.8) is 0 Å². The predicted molar refractivity (Wildman–Crippen MR) is 55.5 cm³/mol. The lowest BCUT2D eigenvalue weighted by Gasteiger charge is -2.12. The minimum atomic E-state index is -0.0263. The van der Waals surface area contributed by atoms with E-state index < -0.39 is 0 Å². The highest BCUT2D eigenvalue weighted by Crippen LogP contribution is 2.04. The van der Waals surface area contributed by atoms with Gasteiger partial charge in [0.2, 0.25) is 5.91 Å². The number of carbonyl (C=O) groups excluding carboxylic acids is 1. The lowest BCUT2D eigenvalue weighted by molar-refractivity contribution is -0.120. The van der Waals surface area contributed by atoms with Gasteiger partial charge in [-0.2, -0.15) is 0 Å². The van der Waals surface area contributed by atoms with Gasteiger partial charge >= 0.3 is 0 Å². The van der Waals surface area contributed by atoms with Crippen LogP contribution in [0.25, 0.3) is 0 Å². The highest BCUT2D eigenvalue weighted by molar-refractivity contribution is 9.10. The van der Waals surface area contributed by atoms with E-state index in [4.69, 9.17) is 0 Å². The summed E-state index contributed by atoms with van der Waals surface area (Å²) in [7, 11) is 0. The molecule has 12 heavy (non-hydrogen) atoms. The average Bonchev–Trinajstić information content (AvgIpc) is 2.11. The molecule has 0 radical (unpaired) electrons. The van der Waals surface area contributed by atoms with Crippen molar-refractivity contribution in [1.29, 1.82) is 0 Å². The molecule has 72 valence electrons. The normalized spacial score (nSPS) is 15.3. The third-order valence-electron chi connectivity index (χ3n) is 1.96. The first-order valence-electron chi connectivity index (χ1n) is 4.53. The number of rotatable bonds is 5. The quantitative estimate of drug-likeness (QED) is 0.729. The molecule has 0 spiro atoms. The number of nitrogens with one attached hydrogen (secondary N) is 1. The molecule has 0 rings (SSSR count). The van der Waals surface area contributed by atoms with Gasteiger partial charge in [-0.3, -0.25) is 4.79 Å². The number of hydrogen-bond acceptors (Lipinski definition) is 1. The standard InChI is InChI=1S/C9H18BrNO/c1-4-7(3)6-11-9(12)8(10)5-2/h7-8H,4-6H2,1-3H3,(H,11,12). The second kappa shape index (κ2) is 6.46. The number of carbonyl (C=O) groups is 1. The molecule has 0 aliphatic rings. The summed E-state index contributed by atoms with van der Waals surface area (Å²) in [4.78, 5) is 11.2. The summed E-state index contributed by atoms with van der Waals surface area (Å²) in [6.07, 6.45) is 1.95. The summed E-state index contributed by atoms with van der Waals surface area (Å²) in [5, 5.41) is 2.90. The molecule has 0 aromatic carbocycles. The van der Waals surface area contributed by atoms with E-state index in [0.717, 1.165) is 19.4 Å². The first-order valence-corrected chi connectivity index (χ1v) is 5.45. The Bertz CT molecular complexity index is 138. The third kappa shape index (κ3) is 4.75. The molecule has 0 aliphatic heterocycles. The van der Waals surface area contributed by atoms with E-state index in [1.165, 1.54) is 0 Å². The maximum atomic E-state index is 11.2. The van der Waals surface area contributed by atoms with Crippen LogP contribution in [0, 0.1) is 5.92 Å². The Morgan fingerprint density at radius 3 is 2.42 bits per heavy atom. The zero-order chi connectivity index (χ0) is 9.56. The van der Waals surface area contributed by atoms with Crippen LogP contribution in [0.2, 0.25) is 0 Å². The maximum absolute atomic E-state index is 11.2. The Labute approximate surface area is 83.2 Å². The van der Waals surface area contributed by atoms with Gasteiger partial charge < -0.3 is 5.32 Å². The zero-order valence-corrected chi connectivity index (χ0v) is 9.65. The molecule has 2 nitrogen and oxygen atoms in total. The van der Waals surface area contributed by atoms with Crippen LogP contribution < -0.4 is 5.32 Å². The fourth-order valence-corrected chi connectivity index (χ4v) is 0.877. The third-order valence-corrected chi connectivity index (χ3v) is 3.03. The lowest BCUT2D eigenvalue weighted by atomic mass is 10.1. The molecular formula is C9H18BrNO. The smallest absolute Gasteiger partial charge is 0.233 e. The van der Waals surface area contributed by atoms with Crippen molar-refractivity contribution in [3.8, 4) is 0 Å². The van der Waals surface area contributed by atoms with Crippen LogP contribution in [-0.2, 0) is 4.79 Å². The van der Waals surface area contributed by atoms with Crippen LogP contribution in [-0.4, -0.2) is 17.3 Å². The van der Waals surface area contributed by atoms with Crippen molar-refractivity contribution in [2.24, 2.45) is 5.92 Å². The van der Waals surface area contributed by atoms with Gasteiger partial charge in [0, 0.05) is 6.54 Å². The molecule has 0 saturated carbocycles. The van der Waals surface area contributed by atoms with Gasteiger partial charge in [0.15, 0.2) is 0 Å². The summed E-state index contributed by atoms with van der Waals surface area (Å²) in [5.41, 5.74) is 0. The molecule has 2 unspecified atom stereocenters. The zero-order valence-electron chi connectivity index (χ0n) is 8.06. The molecule has 0 fully saturated rings. The topological polar surface area (TPSA) is 29.1 Å². The molecule has 3 heteroatoms. The van der Waals surface area contributed by atoms with Crippen LogP contribution >= 0.6 is 15.9 Å². The van der Waals surface area contributed by atoms with Gasteiger partial charge in [-0.1, -0.05) is 43.1 Å². The molecule has 1 amide bonds. The minimum absolute atomic E-state index is 0.0263. The summed E-state index contributed by atoms with van der Waals surface area (Å²) in [6, 6.07) is 0. The van der Waals surface area contributed by atoms with Gasteiger partial charge in [-0.25, -0.2) is 0 Å². The van der Waals surface area contributed by atoms with Crippen molar-refractivity contribution in [1.82, 2.24) is 5.32 Å². The number of hydrogen-bond donors (Lipinski definition) is 1. The van der Waals surface area contributed by atoms with E-state index in [-0.39, 0.29) is 10.7 Å². The Morgan fingerprint density at radius 2 is 2.00 bits per heavy atom. The van der Waals surface area contributed by atoms with Crippen molar-refractivity contribution >= 4 is 21.8 Å². The van der Waals surface area contributed by atoms with Crippen molar-refractivity contribution in [3.05, 3.63) is 0 Å². The van der Waals surface area contributed by atoms with Crippen molar-refractivity contribution < 1.29 is 4.79 Å². The molecular weight excluding hydrogens is 218 g/mol. The van der Waals surface area contributed by atoms with E-state index in [9.17, 15) is 4.79 Å². The van der Waals surface area contributed by atoms with Gasteiger partial charge in [0.05, 0.1) is 4.83 Å². The Balaban J connectivity index is 3.56. The predicted octanol–water partition coefficient (Wildman–Crippen LogP) is 2.32. The largest absolute Gasteiger partial charge is 0.355 e. The van der Waals surface area contributed by atoms with Crippen molar-refractivity contribution in [2.45, 2.75) is 38.4 Å². The van der Waals surface area contributed by atoms with E-state index in [2.05, 4.69) is 35.1 Å². The van der Waals surface area contributed by atoms with Crippen LogP contribution in [0.5, 0.6) is 0 Å². The fraction of sp³-hybridized carbons (Fsp3) is 0.889. The summed E-state index contributed by atoms with van der Waals surface area (Å²) in [5.74, 6) is 0.684. The second-order valence-electron chi connectivity index (χ2n) is 3.13. The molecule has 0 heterocycles.